The van der Waals surface area contributed by atoms with E-state index in [1.54, 1.807) is 19.1 Å². The Morgan fingerprint density at radius 2 is 1.58 bits per heavy atom. The number of anilines is 1. The van der Waals surface area contributed by atoms with Crippen LogP contribution in [0.2, 0.25) is 0 Å². The van der Waals surface area contributed by atoms with Crippen molar-refractivity contribution in [1.82, 2.24) is 4.90 Å². The molecule has 1 fully saturated rings. The average molecular weight is 352 g/mol. The van der Waals surface area contributed by atoms with Crippen molar-refractivity contribution in [3.8, 4) is 11.1 Å². The molecule has 2 aromatic carbocycles. The van der Waals surface area contributed by atoms with Gasteiger partial charge in [0.1, 0.15) is 0 Å². The van der Waals surface area contributed by atoms with E-state index in [-0.39, 0.29) is 18.0 Å². The summed E-state index contributed by atoms with van der Waals surface area (Å²) in [5.41, 5.74) is 2.91. The van der Waals surface area contributed by atoms with Gasteiger partial charge in [0.05, 0.1) is 11.3 Å². The Morgan fingerprint density at radius 1 is 0.962 bits per heavy atom. The third kappa shape index (κ3) is 3.29. The molecule has 0 spiro atoms. The number of piperazine rings is 1. The van der Waals surface area contributed by atoms with Gasteiger partial charge in [0, 0.05) is 37.7 Å². The van der Waals surface area contributed by atoms with E-state index in [9.17, 15) is 14.7 Å². The van der Waals surface area contributed by atoms with E-state index < -0.39 is 5.97 Å². The zero-order valence-corrected chi connectivity index (χ0v) is 15.3. The molecule has 1 amide bonds. The Morgan fingerprint density at radius 3 is 2.12 bits per heavy atom. The summed E-state index contributed by atoms with van der Waals surface area (Å²) in [5, 5.41) is 9.75. The van der Waals surface area contributed by atoms with Gasteiger partial charge in [0.15, 0.2) is 0 Å². The van der Waals surface area contributed by atoms with Crippen LogP contribution in [0.15, 0.2) is 48.5 Å². The minimum absolute atomic E-state index is 0.0155. The standard InChI is InChI=1S/C21H24N2O3/c1-14-12-22(13-15(2)23(14)16(3)24)20-18(17-8-5-4-6-9-17)10-7-11-19(20)21(25)26/h4-11,14-15H,12-13H2,1-3H3,(H,25,26). The summed E-state index contributed by atoms with van der Waals surface area (Å²) >= 11 is 0. The number of carbonyl (C=O) groups excluding carboxylic acids is 1. The zero-order valence-electron chi connectivity index (χ0n) is 15.3. The lowest BCUT2D eigenvalue weighted by atomic mass is 9.97. The molecule has 0 radical (unpaired) electrons. The number of aromatic carboxylic acids is 1. The molecule has 136 valence electrons. The molecule has 1 saturated heterocycles. The van der Waals surface area contributed by atoms with Gasteiger partial charge in [-0.25, -0.2) is 4.79 Å². The van der Waals surface area contributed by atoms with Gasteiger partial charge in [-0.15, -0.1) is 0 Å². The quantitative estimate of drug-likeness (QED) is 0.918. The van der Waals surface area contributed by atoms with E-state index >= 15 is 0 Å². The normalized spacial score (nSPS) is 20.1. The summed E-state index contributed by atoms with van der Waals surface area (Å²) in [6.07, 6.45) is 0. The first-order chi connectivity index (χ1) is 12.4. The molecule has 1 N–H and O–H groups in total. The number of carbonyl (C=O) groups is 2. The monoisotopic (exact) mass is 352 g/mol. The molecular weight excluding hydrogens is 328 g/mol. The first-order valence-corrected chi connectivity index (χ1v) is 8.85. The highest BCUT2D eigenvalue weighted by Gasteiger charge is 2.33. The van der Waals surface area contributed by atoms with Gasteiger partial charge in [-0.3, -0.25) is 4.79 Å². The molecule has 5 nitrogen and oxygen atoms in total. The highest BCUT2D eigenvalue weighted by atomic mass is 16.4. The molecule has 2 atom stereocenters. The molecule has 0 aromatic heterocycles. The van der Waals surface area contributed by atoms with Crippen LogP contribution in [0.3, 0.4) is 0 Å². The Balaban J connectivity index is 2.09. The van der Waals surface area contributed by atoms with Crippen molar-refractivity contribution in [1.29, 1.82) is 0 Å². The van der Waals surface area contributed by atoms with Crippen LogP contribution in [0.25, 0.3) is 11.1 Å². The van der Waals surface area contributed by atoms with Crippen LogP contribution < -0.4 is 4.90 Å². The number of amides is 1. The van der Waals surface area contributed by atoms with Crippen LogP contribution in [0, 0.1) is 0 Å². The molecular formula is C21H24N2O3. The Kier molecular flexibility index (Phi) is 4.98. The predicted octanol–water partition coefficient (Wildman–Crippen LogP) is 3.50. The molecule has 3 rings (SSSR count). The molecule has 1 aliphatic heterocycles. The molecule has 2 unspecified atom stereocenters. The van der Waals surface area contributed by atoms with E-state index in [0.717, 1.165) is 16.8 Å². The number of carboxylic acids is 1. The summed E-state index contributed by atoms with van der Waals surface area (Å²) in [4.78, 5) is 27.8. The lowest BCUT2D eigenvalue weighted by Gasteiger charge is -2.45. The maximum absolute atomic E-state index is 11.9. The van der Waals surface area contributed by atoms with Crippen LogP contribution in [-0.4, -0.2) is 47.1 Å². The molecule has 1 heterocycles. The average Bonchev–Trinajstić information content (AvgIpc) is 2.60. The molecule has 26 heavy (non-hydrogen) atoms. The third-order valence-corrected chi connectivity index (χ3v) is 4.95. The van der Waals surface area contributed by atoms with Crippen molar-refractivity contribution in [3.63, 3.8) is 0 Å². The fourth-order valence-corrected chi connectivity index (χ4v) is 4.03. The van der Waals surface area contributed by atoms with Crippen LogP contribution in [0.4, 0.5) is 5.69 Å². The maximum Gasteiger partial charge on any atom is 0.337 e. The number of para-hydroxylation sites is 1. The number of hydrogen-bond acceptors (Lipinski definition) is 3. The molecule has 2 aromatic rings. The van der Waals surface area contributed by atoms with Gasteiger partial charge in [-0.2, -0.15) is 0 Å². The van der Waals surface area contributed by atoms with Gasteiger partial charge in [-0.05, 0) is 25.5 Å². The number of hydrogen-bond donors (Lipinski definition) is 1. The Hall–Kier alpha value is -2.82. The van der Waals surface area contributed by atoms with Crippen molar-refractivity contribution >= 4 is 17.6 Å². The van der Waals surface area contributed by atoms with Gasteiger partial charge >= 0.3 is 5.97 Å². The van der Waals surface area contributed by atoms with E-state index in [2.05, 4.69) is 4.90 Å². The van der Waals surface area contributed by atoms with Crippen LogP contribution in [-0.2, 0) is 4.79 Å². The second-order valence-corrected chi connectivity index (χ2v) is 6.90. The van der Waals surface area contributed by atoms with Crippen LogP contribution in [0.5, 0.6) is 0 Å². The summed E-state index contributed by atoms with van der Waals surface area (Å²) in [6, 6.07) is 15.3. The number of rotatable bonds is 3. The topological polar surface area (TPSA) is 60.9 Å². The third-order valence-electron chi connectivity index (χ3n) is 4.95. The molecule has 1 aliphatic rings. The summed E-state index contributed by atoms with van der Waals surface area (Å²) < 4.78 is 0. The van der Waals surface area contributed by atoms with Crippen molar-refractivity contribution < 1.29 is 14.7 Å². The highest BCUT2D eigenvalue weighted by Crippen LogP contribution is 2.36. The van der Waals surface area contributed by atoms with Crippen molar-refractivity contribution in [3.05, 3.63) is 54.1 Å². The number of benzene rings is 2. The zero-order chi connectivity index (χ0) is 18.8. The number of nitrogens with zero attached hydrogens (tertiary/aromatic N) is 2. The minimum atomic E-state index is -0.938. The van der Waals surface area contributed by atoms with Crippen LogP contribution in [0.1, 0.15) is 31.1 Å². The first-order valence-electron chi connectivity index (χ1n) is 8.85. The summed E-state index contributed by atoms with van der Waals surface area (Å²) in [6.45, 7) is 6.82. The Labute approximate surface area is 153 Å². The second kappa shape index (κ2) is 7.20. The van der Waals surface area contributed by atoms with E-state index in [1.807, 2.05) is 55.1 Å². The minimum Gasteiger partial charge on any atom is -0.478 e. The SMILES string of the molecule is CC(=O)N1C(C)CN(c2c(C(=O)O)cccc2-c2ccccc2)CC1C. The fourth-order valence-electron chi connectivity index (χ4n) is 4.03. The lowest BCUT2D eigenvalue weighted by Crippen LogP contribution is -2.58. The second-order valence-electron chi connectivity index (χ2n) is 6.90. The fraction of sp³-hybridized carbons (Fsp3) is 0.333. The van der Waals surface area contributed by atoms with Crippen molar-refractivity contribution in [2.45, 2.75) is 32.9 Å². The number of carboxylic acid groups (broad SMARTS) is 1. The summed E-state index contributed by atoms with van der Waals surface area (Å²) in [7, 11) is 0. The van der Waals surface area contributed by atoms with Gasteiger partial charge in [0.25, 0.3) is 0 Å². The molecule has 0 saturated carbocycles. The lowest BCUT2D eigenvalue weighted by molar-refractivity contribution is -0.133. The molecule has 0 bridgehead atoms. The highest BCUT2D eigenvalue weighted by molar-refractivity contribution is 5.99. The van der Waals surface area contributed by atoms with Gasteiger partial charge in [-0.1, -0.05) is 42.5 Å². The first kappa shape index (κ1) is 18.0. The van der Waals surface area contributed by atoms with Gasteiger partial charge in [0.2, 0.25) is 5.91 Å². The van der Waals surface area contributed by atoms with E-state index in [1.165, 1.54) is 0 Å². The maximum atomic E-state index is 11.9. The summed E-state index contributed by atoms with van der Waals surface area (Å²) in [5.74, 6) is -0.883. The van der Waals surface area contributed by atoms with Crippen molar-refractivity contribution in [2.75, 3.05) is 18.0 Å². The molecule has 0 aliphatic carbocycles. The van der Waals surface area contributed by atoms with Crippen LogP contribution >= 0.6 is 0 Å². The van der Waals surface area contributed by atoms with Gasteiger partial charge < -0.3 is 14.9 Å². The Bertz CT molecular complexity index is 807. The van der Waals surface area contributed by atoms with Crippen molar-refractivity contribution in [2.24, 2.45) is 0 Å². The smallest absolute Gasteiger partial charge is 0.337 e. The largest absolute Gasteiger partial charge is 0.478 e. The van der Waals surface area contributed by atoms with E-state index in [0.29, 0.717) is 18.7 Å². The molecule has 5 heteroatoms. The predicted molar refractivity (Wildman–Crippen MR) is 102 cm³/mol. The van der Waals surface area contributed by atoms with E-state index in [4.69, 9.17) is 0 Å².